The van der Waals surface area contributed by atoms with Crippen molar-refractivity contribution in [2.75, 3.05) is 26.2 Å². The highest BCUT2D eigenvalue weighted by atomic mass is 16.5. The molecule has 1 saturated carbocycles. The number of carbonyl (C=O) groups is 2. The molecule has 1 aliphatic carbocycles. The van der Waals surface area contributed by atoms with E-state index in [0.717, 1.165) is 32.4 Å². The van der Waals surface area contributed by atoms with Crippen molar-refractivity contribution >= 4 is 11.8 Å². The van der Waals surface area contributed by atoms with E-state index in [1.807, 2.05) is 4.90 Å². The molecule has 0 aromatic carbocycles. The molecule has 1 spiro atoms. The molecule has 130 valence electrons. The third-order valence-electron chi connectivity index (χ3n) is 5.63. The Labute approximate surface area is 141 Å². The first-order chi connectivity index (χ1) is 11.6. The molecule has 0 bridgehead atoms. The van der Waals surface area contributed by atoms with E-state index < -0.39 is 0 Å². The fourth-order valence-electron chi connectivity index (χ4n) is 3.77. The van der Waals surface area contributed by atoms with Crippen molar-refractivity contribution in [1.82, 2.24) is 10.2 Å². The minimum Gasteiger partial charge on any atom is -0.459 e. The summed E-state index contributed by atoms with van der Waals surface area (Å²) in [5.74, 6) is 1.61. The number of likely N-dealkylation sites (tertiary alicyclic amines) is 1. The molecule has 3 atom stereocenters. The van der Waals surface area contributed by atoms with Gasteiger partial charge in [-0.05, 0) is 43.2 Å². The zero-order valence-corrected chi connectivity index (χ0v) is 14.0. The smallest absolute Gasteiger partial charge is 0.286 e. The predicted molar refractivity (Wildman–Crippen MR) is 86.3 cm³/mol. The third kappa shape index (κ3) is 2.95. The monoisotopic (exact) mass is 332 g/mol. The molecule has 6 nitrogen and oxygen atoms in total. The van der Waals surface area contributed by atoms with Crippen molar-refractivity contribution in [3.05, 3.63) is 24.2 Å². The van der Waals surface area contributed by atoms with Gasteiger partial charge >= 0.3 is 0 Å². The van der Waals surface area contributed by atoms with Crippen molar-refractivity contribution in [2.24, 2.45) is 17.8 Å². The normalized spacial score (nSPS) is 30.7. The van der Waals surface area contributed by atoms with Crippen molar-refractivity contribution in [3.63, 3.8) is 0 Å². The van der Waals surface area contributed by atoms with Gasteiger partial charge in [0.15, 0.2) is 5.76 Å². The standard InChI is InChI=1S/C18H24N2O4/c1-12-7-14(12)17(22)20-10-18(11-20)5-4-13(9-24-18)8-19-16(21)15-3-2-6-23-15/h2-3,6,12-14H,4-5,7-11H2,1H3,(H,19,21)/t12-,13+,14-/m1/s1. The number of carbonyl (C=O) groups excluding carboxylic acids is 2. The molecule has 2 amide bonds. The predicted octanol–water partition coefficient (Wildman–Crippen LogP) is 1.67. The lowest BCUT2D eigenvalue weighted by Crippen LogP contribution is -2.66. The summed E-state index contributed by atoms with van der Waals surface area (Å²) in [5, 5.41) is 2.90. The Bertz CT molecular complexity index is 611. The number of nitrogens with one attached hydrogen (secondary N) is 1. The summed E-state index contributed by atoms with van der Waals surface area (Å²) in [5.41, 5.74) is -0.130. The molecule has 3 fully saturated rings. The summed E-state index contributed by atoms with van der Waals surface area (Å²) in [6, 6.07) is 3.36. The Balaban J connectivity index is 1.19. The second-order valence-corrected chi connectivity index (χ2v) is 7.60. The Morgan fingerprint density at radius 2 is 2.21 bits per heavy atom. The molecule has 1 N–H and O–H groups in total. The van der Waals surface area contributed by atoms with Crippen LogP contribution in [0.3, 0.4) is 0 Å². The van der Waals surface area contributed by atoms with Crippen LogP contribution in [0.1, 0.15) is 36.7 Å². The van der Waals surface area contributed by atoms with Crippen LogP contribution in [0, 0.1) is 17.8 Å². The molecule has 0 radical (unpaired) electrons. The van der Waals surface area contributed by atoms with E-state index in [9.17, 15) is 9.59 Å². The van der Waals surface area contributed by atoms with Gasteiger partial charge in [0, 0.05) is 12.5 Å². The van der Waals surface area contributed by atoms with E-state index in [-0.39, 0.29) is 17.4 Å². The highest BCUT2D eigenvalue weighted by Gasteiger charge is 2.52. The van der Waals surface area contributed by atoms with Crippen LogP contribution in [-0.4, -0.2) is 48.6 Å². The average Bonchev–Trinajstić information content (AvgIpc) is 3.06. The fraction of sp³-hybridized carbons (Fsp3) is 0.667. The number of ether oxygens (including phenoxy) is 1. The van der Waals surface area contributed by atoms with Gasteiger partial charge in [-0.2, -0.15) is 0 Å². The first kappa shape index (κ1) is 15.7. The Kier molecular flexibility index (Phi) is 3.87. The molecule has 1 aromatic heterocycles. The lowest BCUT2D eigenvalue weighted by atomic mass is 9.82. The SMILES string of the molecule is C[C@@H]1C[C@H]1C(=O)N1CC2(CC[C@@H](CNC(=O)c3ccco3)CO2)C1. The summed E-state index contributed by atoms with van der Waals surface area (Å²) in [6.45, 7) is 4.84. The summed E-state index contributed by atoms with van der Waals surface area (Å²) in [4.78, 5) is 26.0. The zero-order valence-electron chi connectivity index (χ0n) is 14.0. The van der Waals surface area contributed by atoms with Gasteiger partial charge in [0.25, 0.3) is 5.91 Å². The minimum absolute atomic E-state index is 0.130. The van der Waals surface area contributed by atoms with Crippen LogP contribution < -0.4 is 5.32 Å². The molecule has 3 heterocycles. The highest BCUT2D eigenvalue weighted by Crippen LogP contribution is 2.43. The summed E-state index contributed by atoms with van der Waals surface area (Å²) in [7, 11) is 0. The van der Waals surface area contributed by atoms with Gasteiger partial charge in [0.2, 0.25) is 5.91 Å². The van der Waals surface area contributed by atoms with Crippen molar-refractivity contribution in [3.8, 4) is 0 Å². The third-order valence-corrected chi connectivity index (χ3v) is 5.63. The number of amides is 2. The Morgan fingerprint density at radius 3 is 2.79 bits per heavy atom. The van der Waals surface area contributed by atoms with E-state index in [1.165, 1.54) is 6.26 Å². The number of nitrogens with zero attached hydrogens (tertiary/aromatic N) is 1. The van der Waals surface area contributed by atoms with Crippen molar-refractivity contribution in [1.29, 1.82) is 0 Å². The Morgan fingerprint density at radius 1 is 1.42 bits per heavy atom. The summed E-state index contributed by atoms with van der Waals surface area (Å²) in [6.07, 6.45) is 4.51. The molecule has 0 unspecified atom stereocenters. The maximum Gasteiger partial charge on any atom is 0.286 e. The Hall–Kier alpha value is -1.82. The molecule has 6 heteroatoms. The zero-order chi connectivity index (χ0) is 16.7. The molecule has 4 rings (SSSR count). The van der Waals surface area contributed by atoms with E-state index >= 15 is 0 Å². The highest BCUT2D eigenvalue weighted by molar-refractivity contribution is 5.91. The van der Waals surface area contributed by atoms with Gasteiger partial charge < -0.3 is 19.4 Å². The molecular formula is C18H24N2O4. The van der Waals surface area contributed by atoms with Gasteiger partial charge in [-0.3, -0.25) is 9.59 Å². The first-order valence-corrected chi connectivity index (χ1v) is 8.81. The van der Waals surface area contributed by atoms with Crippen LogP contribution in [0.2, 0.25) is 0 Å². The lowest BCUT2D eigenvalue weighted by Gasteiger charge is -2.53. The van der Waals surface area contributed by atoms with Crippen LogP contribution in [0.5, 0.6) is 0 Å². The van der Waals surface area contributed by atoms with Crippen LogP contribution in [0.15, 0.2) is 22.8 Å². The quantitative estimate of drug-likeness (QED) is 0.910. The lowest BCUT2D eigenvalue weighted by molar-refractivity contribution is -0.189. The van der Waals surface area contributed by atoms with Gasteiger partial charge in [0.05, 0.1) is 26.0 Å². The van der Waals surface area contributed by atoms with Gasteiger partial charge in [0.1, 0.15) is 5.60 Å². The van der Waals surface area contributed by atoms with Gasteiger partial charge in [-0.1, -0.05) is 6.92 Å². The van der Waals surface area contributed by atoms with E-state index in [2.05, 4.69) is 12.2 Å². The average molecular weight is 332 g/mol. The first-order valence-electron chi connectivity index (χ1n) is 8.81. The van der Waals surface area contributed by atoms with Crippen LogP contribution in [-0.2, 0) is 9.53 Å². The molecule has 3 aliphatic rings. The number of hydrogen-bond acceptors (Lipinski definition) is 4. The van der Waals surface area contributed by atoms with Crippen LogP contribution in [0.25, 0.3) is 0 Å². The maximum atomic E-state index is 12.2. The second-order valence-electron chi connectivity index (χ2n) is 7.60. The topological polar surface area (TPSA) is 71.8 Å². The van der Waals surface area contributed by atoms with E-state index in [0.29, 0.717) is 36.7 Å². The fourth-order valence-corrected chi connectivity index (χ4v) is 3.77. The molecule has 24 heavy (non-hydrogen) atoms. The summed E-state index contributed by atoms with van der Waals surface area (Å²) >= 11 is 0. The second kappa shape index (κ2) is 5.92. The van der Waals surface area contributed by atoms with Gasteiger partial charge in [-0.15, -0.1) is 0 Å². The maximum absolute atomic E-state index is 12.2. The molecule has 2 saturated heterocycles. The molecular weight excluding hydrogens is 308 g/mol. The number of furan rings is 1. The van der Waals surface area contributed by atoms with Crippen molar-refractivity contribution in [2.45, 2.75) is 31.8 Å². The summed E-state index contributed by atoms with van der Waals surface area (Å²) < 4.78 is 11.2. The van der Waals surface area contributed by atoms with Crippen molar-refractivity contribution < 1.29 is 18.7 Å². The number of hydrogen-bond donors (Lipinski definition) is 1. The van der Waals surface area contributed by atoms with Crippen LogP contribution >= 0.6 is 0 Å². The van der Waals surface area contributed by atoms with Crippen LogP contribution in [0.4, 0.5) is 0 Å². The molecule has 2 aliphatic heterocycles. The van der Waals surface area contributed by atoms with E-state index in [4.69, 9.17) is 9.15 Å². The largest absolute Gasteiger partial charge is 0.459 e. The minimum atomic E-state index is -0.181. The number of rotatable bonds is 4. The molecule has 1 aromatic rings. The van der Waals surface area contributed by atoms with Gasteiger partial charge in [-0.25, -0.2) is 0 Å². The van der Waals surface area contributed by atoms with E-state index in [1.54, 1.807) is 12.1 Å².